The van der Waals surface area contributed by atoms with Gasteiger partial charge in [-0.1, -0.05) is 12.1 Å². The van der Waals surface area contributed by atoms with Crippen LogP contribution in [0.5, 0.6) is 11.5 Å². The lowest BCUT2D eigenvalue weighted by Crippen LogP contribution is -2.41. The molecule has 0 aliphatic carbocycles. The third-order valence-electron chi connectivity index (χ3n) is 6.02. The fraction of sp³-hybridized carbons (Fsp3) is 0.391. The van der Waals surface area contributed by atoms with Crippen LogP contribution in [0.1, 0.15) is 25.3 Å². The molecule has 2 aliphatic heterocycles. The van der Waals surface area contributed by atoms with Gasteiger partial charge in [-0.2, -0.15) is 4.31 Å². The first-order valence-corrected chi connectivity index (χ1v) is 12.2. The van der Waals surface area contributed by atoms with E-state index in [4.69, 9.17) is 9.47 Å². The fourth-order valence-electron chi connectivity index (χ4n) is 4.10. The highest BCUT2D eigenvalue weighted by Gasteiger charge is 2.34. The Balaban J connectivity index is 1.46. The Hall–Kier alpha value is -3.11. The van der Waals surface area contributed by atoms with Gasteiger partial charge in [0.25, 0.3) is 5.91 Å². The number of anilines is 2. The van der Waals surface area contributed by atoms with Crippen molar-refractivity contribution in [2.45, 2.75) is 37.7 Å². The topological polar surface area (TPSA) is 114 Å². The van der Waals surface area contributed by atoms with Crippen LogP contribution in [0.4, 0.5) is 11.4 Å². The van der Waals surface area contributed by atoms with Gasteiger partial charge in [-0.25, -0.2) is 8.42 Å². The van der Waals surface area contributed by atoms with Gasteiger partial charge in [0.2, 0.25) is 15.9 Å². The molecule has 1 saturated heterocycles. The summed E-state index contributed by atoms with van der Waals surface area (Å²) in [4.78, 5) is 24.7. The molecular formula is C23H27N3O6S. The highest BCUT2D eigenvalue weighted by atomic mass is 32.2. The number of carbonyl (C=O) groups is 2. The van der Waals surface area contributed by atoms with Gasteiger partial charge in [-0.3, -0.25) is 9.59 Å². The number of fused-ring (bicyclic) bond motifs is 1. The van der Waals surface area contributed by atoms with Gasteiger partial charge in [0.15, 0.2) is 6.10 Å². The van der Waals surface area contributed by atoms with Crippen LogP contribution in [0.2, 0.25) is 0 Å². The summed E-state index contributed by atoms with van der Waals surface area (Å²) in [6.07, 6.45) is 0.120. The first-order valence-electron chi connectivity index (χ1n) is 10.8. The molecule has 2 heterocycles. The standard InChI is InChI=1S/C23H27N3O6S/c1-14-12-18-20(32-15(2)22(27)25-18)13-21(14)33(29,30)26-10-8-16(9-11-26)23(28)24-17-6-4-5-7-19(17)31-3/h4-7,12-13,15-16H,8-11H2,1-3H3,(H,24,28)(H,25,27)/t15-/m0/s1. The number of carbonyl (C=O) groups excluding carboxylic acids is 2. The van der Waals surface area contributed by atoms with Crippen LogP contribution in [0.3, 0.4) is 0 Å². The lowest BCUT2D eigenvalue weighted by molar-refractivity contribution is -0.123. The van der Waals surface area contributed by atoms with Crippen molar-refractivity contribution in [2.24, 2.45) is 5.92 Å². The molecule has 10 heteroatoms. The van der Waals surface area contributed by atoms with Crippen LogP contribution in [0.25, 0.3) is 0 Å². The molecule has 0 bridgehead atoms. The first-order chi connectivity index (χ1) is 15.7. The van der Waals surface area contributed by atoms with Crippen LogP contribution in [0.15, 0.2) is 41.3 Å². The Morgan fingerprint density at radius 2 is 1.91 bits per heavy atom. The van der Waals surface area contributed by atoms with Crippen molar-refractivity contribution in [2.75, 3.05) is 30.8 Å². The Morgan fingerprint density at radius 3 is 2.61 bits per heavy atom. The maximum absolute atomic E-state index is 13.4. The zero-order chi connectivity index (χ0) is 23.8. The molecule has 4 rings (SSSR count). The summed E-state index contributed by atoms with van der Waals surface area (Å²) in [6.45, 7) is 3.76. The minimum atomic E-state index is -3.79. The van der Waals surface area contributed by atoms with E-state index < -0.39 is 16.1 Å². The van der Waals surface area contributed by atoms with Gasteiger partial charge in [0.05, 0.1) is 23.4 Å². The Morgan fingerprint density at radius 1 is 1.21 bits per heavy atom. The van der Waals surface area contributed by atoms with Crippen LogP contribution in [0, 0.1) is 12.8 Å². The van der Waals surface area contributed by atoms with E-state index in [0.717, 1.165) is 0 Å². The molecule has 33 heavy (non-hydrogen) atoms. The van der Waals surface area contributed by atoms with Gasteiger partial charge < -0.3 is 20.1 Å². The highest BCUT2D eigenvalue weighted by Crippen LogP contribution is 2.36. The van der Waals surface area contributed by atoms with E-state index in [-0.39, 0.29) is 35.7 Å². The Labute approximate surface area is 193 Å². The molecule has 1 fully saturated rings. The minimum Gasteiger partial charge on any atom is -0.495 e. The number of piperidine rings is 1. The number of methoxy groups -OCH3 is 1. The normalized spacial score (nSPS) is 19.2. The predicted octanol–water partition coefficient (Wildman–Crippen LogP) is 2.76. The predicted molar refractivity (Wildman–Crippen MR) is 123 cm³/mol. The molecule has 2 N–H and O–H groups in total. The maximum atomic E-state index is 13.4. The molecule has 0 unspecified atom stereocenters. The molecule has 0 aromatic heterocycles. The van der Waals surface area contributed by atoms with Crippen molar-refractivity contribution in [1.29, 1.82) is 0 Å². The number of rotatable bonds is 5. The first kappa shape index (κ1) is 23.1. The number of sulfonamides is 1. The average Bonchev–Trinajstić information content (AvgIpc) is 2.80. The summed E-state index contributed by atoms with van der Waals surface area (Å²) in [6, 6.07) is 10.2. The van der Waals surface area contributed by atoms with Crippen LogP contribution in [-0.4, -0.2) is 50.8 Å². The number of nitrogens with zero attached hydrogens (tertiary/aromatic N) is 1. The third-order valence-corrected chi connectivity index (χ3v) is 8.06. The van der Waals surface area contributed by atoms with Gasteiger partial charge >= 0.3 is 0 Å². The molecule has 2 aromatic rings. The van der Waals surface area contributed by atoms with E-state index >= 15 is 0 Å². The van der Waals surface area contributed by atoms with Crippen LogP contribution in [-0.2, 0) is 19.6 Å². The van der Waals surface area contributed by atoms with Crippen molar-refractivity contribution in [3.8, 4) is 11.5 Å². The molecule has 2 aliphatic rings. The summed E-state index contributed by atoms with van der Waals surface area (Å²) in [5, 5.41) is 5.61. The van der Waals surface area contributed by atoms with Gasteiger partial charge in [0, 0.05) is 25.1 Å². The van der Waals surface area contributed by atoms with Gasteiger partial charge in [-0.05, 0) is 50.5 Å². The summed E-state index contributed by atoms with van der Waals surface area (Å²) in [7, 11) is -2.25. The molecule has 0 radical (unpaired) electrons. The molecule has 2 aromatic carbocycles. The van der Waals surface area contributed by atoms with Crippen molar-refractivity contribution < 1.29 is 27.5 Å². The second kappa shape index (κ2) is 9.03. The van der Waals surface area contributed by atoms with E-state index in [2.05, 4.69) is 10.6 Å². The van der Waals surface area contributed by atoms with Crippen molar-refractivity contribution >= 4 is 33.2 Å². The molecule has 176 valence electrons. The van der Waals surface area contributed by atoms with E-state index in [1.165, 1.54) is 17.5 Å². The van der Waals surface area contributed by atoms with Crippen LogP contribution >= 0.6 is 0 Å². The zero-order valence-electron chi connectivity index (χ0n) is 18.8. The summed E-state index contributed by atoms with van der Waals surface area (Å²) in [5.74, 6) is 0.176. The molecular weight excluding hydrogens is 446 g/mol. The number of para-hydroxylation sites is 2. The fourth-order valence-corrected chi connectivity index (χ4v) is 5.79. The number of nitrogens with one attached hydrogen (secondary N) is 2. The summed E-state index contributed by atoms with van der Waals surface area (Å²) >= 11 is 0. The number of hydrogen-bond donors (Lipinski definition) is 2. The SMILES string of the molecule is COc1ccccc1NC(=O)C1CCN(S(=O)(=O)c2cc3c(cc2C)NC(=O)[C@H](C)O3)CC1. The Bertz CT molecular complexity index is 1190. The molecule has 0 saturated carbocycles. The Kier molecular flexibility index (Phi) is 6.31. The summed E-state index contributed by atoms with van der Waals surface area (Å²) in [5.41, 5.74) is 1.57. The number of ether oxygens (including phenoxy) is 2. The number of benzene rings is 2. The molecule has 1 atom stereocenters. The second-order valence-corrected chi connectivity index (χ2v) is 10.1. The maximum Gasteiger partial charge on any atom is 0.265 e. The van der Waals surface area contributed by atoms with Gasteiger partial charge in [-0.15, -0.1) is 0 Å². The number of hydrogen-bond acceptors (Lipinski definition) is 6. The second-order valence-electron chi connectivity index (χ2n) is 8.23. The summed E-state index contributed by atoms with van der Waals surface area (Å²) < 4.78 is 39.0. The quantitative estimate of drug-likeness (QED) is 0.690. The van der Waals surface area contributed by atoms with Crippen molar-refractivity contribution in [3.63, 3.8) is 0 Å². The van der Waals surface area contributed by atoms with Crippen molar-refractivity contribution in [3.05, 3.63) is 42.0 Å². The van der Waals surface area contributed by atoms with Crippen LogP contribution < -0.4 is 20.1 Å². The lowest BCUT2D eigenvalue weighted by atomic mass is 9.97. The smallest absolute Gasteiger partial charge is 0.265 e. The molecule has 9 nitrogen and oxygen atoms in total. The number of aryl methyl sites for hydroxylation is 1. The lowest BCUT2D eigenvalue weighted by Gasteiger charge is -2.31. The largest absolute Gasteiger partial charge is 0.495 e. The van der Waals surface area contributed by atoms with Crippen molar-refractivity contribution in [1.82, 2.24) is 4.31 Å². The number of amides is 2. The molecule has 0 spiro atoms. The van der Waals surface area contributed by atoms with E-state index in [1.807, 2.05) is 12.1 Å². The highest BCUT2D eigenvalue weighted by molar-refractivity contribution is 7.89. The van der Waals surface area contributed by atoms with E-state index in [9.17, 15) is 18.0 Å². The monoisotopic (exact) mass is 473 g/mol. The third kappa shape index (κ3) is 4.53. The molecule has 2 amide bonds. The van der Waals surface area contributed by atoms with Gasteiger partial charge in [0.1, 0.15) is 11.5 Å². The minimum absolute atomic E-state index is 0.140. The van der Waals surface area contributed by atoms with E-state index in [0.29, 0.717) is 41.3 Å². The zero-order valence-corrected chi connectivity index (χ0v) is 19.6. The van der Waals surface area contributed by atoms with E-state index in [1.54, 1.807) is 32.0 Å². The average molecular weight is 474 g/mol.